The van der Waals surface area contributed by atoms with Crippen LogP contribution in [-0.2, 0) is 0 Å². The maximum atomic E-state index is 4.86. The minimum absolute atomic E-state index is 0.799. The smallest absolute Gasteiger partial charge is 0.129 e. The Morgan fingerprint density at radius 1 is 0.955 bits per heavy atom. The molecule has 22 heavy (non-hydrogen) atoms. The second-order valence-electron chi connectivity index (χ2n) is 6.47. The summed E-state index contributed by atoms with van der Waals surface area (Å²) in [6.07, 6.45) is 5.33. The second-order valence-corrected chi connectivity index (χ2v) is 7.38. The highest BCUT2D eigenvalue weighted by Gasteiger charge is 2.26. The minimum atomic E-state index is 0.799. The molecule has 116 valence electrons. The minimum Gasteiger partial charge on any atom is -0.356 e. The maximum Gasteiger partial charge on any atom is 0.129 e. The number of fused-ring (bicyclic) bond motifs is 1. The molecule has 1 aromatic heterocycles. The van der Waals surface area contributed by atoms with Crippen LogP contribution in [0.1, 0.15) is 25.7 Å². The lowest BCUT2D eigenvalue weighted by atomic mass is 10.0. The van der Waals surface area contributed by atoms with Gasteiger partial charge in [0.05, 0.1) is 5.52 Å². The SMILES string of the molecule is Brc1ccc2ccc(N3CCC(N4CCCC4)CC3)nc2c1. The Bertz CT molecular complexity index is 658. The van der Waals surface area contributed by atoms with Crippen LogP contribution in [0.25, 0.3) is 10.9 Å². The molecule has 2 aromatic rings. The van der Waals surface area contributed by atoms with Crippen molar-refractivity contribution >= 4 is 32.7 Å². The van der Waals surface area contributed by atoms with Crippen LogP contribution in [0.5, 0.6) is 0 Å². The van der Waals surface area contributed by atoms with Crippen LogP contribution in [0.15, 0.2) is 34.8 Å². The molecule has 0 radical (unpaired) electrons. The first-order chi connectivity index (χ1) is 10.8. The molecule has 4 rings (SSSR count). The van der Waals surface area contributed by atoms with Crippen LogP contribution >= 0.6 is 15.9 Å². The van der Waals surface area contributed by atoms with Crippen LogP contribution in [-0.4, -0.2) is 42.1 Å². The van der Waals surface area contributed by atoms with Gasteiger partial charge in [0.2, 0.25) is 0 Å². The molecule has 4 heteroatoms. The standard InChI is InChI=1S/C18H22BrN3/c19-15-5-3-14-4-6-18(20-17(14)13-15)22-11-7-16(8-12-22)21-9-1-2-10-21/h3-6,13,16H,1-2,7-12H2. The third-order valence-electron chi connectivity index (χ3n) is 5.08. The van der Waals surface area contributed by atoms with Gasteiger partial charge in [-0.2, -0.15) is 0 Å². The molecule has 2 fully saturated rings. The average molecular weight is 360 g/mol. The molecule has 0 saturated carbocycles. The number of hydrogen-bond donors (Lipinski definition) is 0. The number of anilines is 1. The number of piperidine rings is 1. The van der Waals surface area contributed by atoms with E-state index in [1.54, 1.807) is 0 Å². The van der Waals surface area contributed by atoms with E-state index in [1.165, 1.54) is 44.2 Å². The van der Waals surface area contributed by atoms with Crippen molar-refractivity contribution in [1.29, 1.82) is 0 Å². The van der Waals surface area contributed by atoms with Crippen LogP contribution < -0.4 is 4.90 Å². The highest BCUT2D eigenvalue weighted by atomic mass is 79.9. The molecular weight excluding hydrogens is 338 g/mol. The topological polar surface area (TPSA) is 19.4 Å². The van der Waals surface area contributed by atoms with Crippen molar-refractivity contribution in [2.24, 2.45) is 0 Å². The molecule has 0 atom stereocenters. The van der Waals surface area contributed by atoms with Crippen molar-refractivity contribution in [2.45, 2.75) is 31.7 Å². The zero-order valence-electron chi connectivity index (χ0n) is 12.8. The van der Waals surface area contributed by atoms with E-state index in [1.807, 2.05) is 0 Å². The van der Waals surface area contributed by atoms with Gasteiger partial charge in [-0.25, -0.2) is 4.98 Å². The summed E-state index contributed by atoms with van der Waals surface area (Å²) in [6, 6.07) is 11.5. The third kappa shape index (κ3) is 2.86. The molecule has 2 aliphatic heterocycles. The quantitative estimate of drug-likeness (QED) is 0.805. The van der Waals surface area contributed by atoms with Crippen molar-refractivity contribution in [2.75, 3.05) is 31.1 Å². The van der Waals surface area contributed by atoms with E-state index in [0.29, 0.717) is 0 Å². The number of rotatable bonds is 2. The second kappa shape index (κ2) is 6.17. The summed E-state index contributed by atoms with van der Waals surface area (Å²) in [7, 11) is 0. The van der Waals surface area contributed by atoms with Gasteiger partial charge in [0, 0.05) is 29.0 Å². The molecule has 0 aliphatic carbocycles. The van der Waals surface area contributed by atoms with E-state index >= 15 is 0 Å². The Morgan fingerprint density at radius 3 is 2.45 bits per heavy atom. The van der Waals surface area contributed by atoms with Crippen molar-refractivity contribution in [3.8, 4) is 0 Å². The fraction of sp³-hybridized carbons (Fsp3) is 0.500. The Morgan fingerprint density at radius 2 is 1.68 bits per heavy atom. The van der Waals surface area contributed by atoms with Crippen LogP contribution in [0, 0.1) is 0 Å². The van der Waals surface area contributed by atoms with Gasteiger partial charge in [0.1, 0.15) is 5.82 Å². The highest BCUT2D eigenvalue weighted by molar-refractivity contribution is 9.10. The molecule has 0 unspecified atom stereocenters. The molecule has 0 N–H and O–H groups in total. The highest BCUT2D eigenvalue weighted by Crippen LogP contribution is 2.26. The van der Waals surface area contributed by atoms with Gasteiger partial charge < -0.3 is 9.80 Å². The van der Waals surface area contributed by atoms with E-state index in [4.69, 9.17) is 4.98 Å². The van der Waals surface area contributed by atoms with Gasteiger partial charge in [0.25, 0.3) is 0 Å². The lowest BCUT2D eigenvalue weighted by Crippen LogP contribution is -2.44. The lowest BCUT2D eigenvalue weighted by Gasteiger charge is -2.37. The zero-order chi connectivity index (χ0) is 14.9. The predicted molar refractivity (Wildman–Crippen MR) is 95.5 cm³/mol. The summed E-state index contributed by atoms with van der Waals surface area (Å²) in [5.74, 6) is 1.13. The number of benzene rings is 1. The first-order valence-electron chi connectivity index (χ1n) is 8.35. The number of hydrogen-bond acceptors (Lipinski definition) is 3. The van der Waals surface area contributed by atoms with Crippen molar-refractivity contribution < 1.29 is 0 Å². The van der Waals surface area contributed by atoms with Crippen molar-refractivity contribution in [3.05, 3.63) is 34.8 Å². The summed E-state index contributed by atoms with van der Waals surface area (Å²) in [6.45, 7) is 4.89. The largest absolute Gasteiger partial charge is 0.356 e. The van der Waals surface area contributed by atoms with Crippen LogP contribution in [0.2, 0.25) is 0 Å². The van der Waals surface area contributed by atoms with Gasteiger partial charge in [-0.05, 0) is 63.0 Å². The normalized spacial score (nSPS) is 20.9. The first-order valence-corrected chi connectivity index (χ1v) is 9.14. The number of aromatic nitrogens is 1. The van der Waals surface area contributed by atoms with Crippen LogP contribution in [0.4, 0.5) is 5.82 Å². The summed E-state index contributed by atoms with van der Waals surface area (Å²) in [4.78, 5) is 10.0. The monoisotopic (exact) mass is 359 g/mol. The molecule has 3 heterocycles. The molecule has 0 amide bonds. The van der Waals surface area contributed by atoms with Crippen molar-refractivity contribution in [3.63, 3.8) is 0 Å². The van der Waals surface area contributed by atoms with E-state index < -0.39 is 0 Å². The molecule has 3 nitrogen and oxygen atoms in total. The Kier molecular flexibility index (Phi) is 4.05. The van der Waals surface area contributed by atoms with E-state index in [0.717, 1.165) is 34.9 Å². The summed E-state index contributed by atoms with van der Waals surface area (Å²) in [5.41, 5.74) is 1.08. The molecule has 2 aliphatic rings. The predicted octanol–water partition coefficient (Wildman–Crippen LogP) is 4.06. The average Bonchev–Trinajstić information content (AvgIpc) is 3.09. The Hall–Kier alpha value is -1.13. The third-order valence-corrected chi connectivity index (χ3v) is 5.58. The fourth-order valence-corrected chi connectivity index (χ4v) is 4.17. The van der Waals surface area contributed by atoms with Crippen molar-refractivity contribution in [1.82, 2.24) is 9.88 Å². The van der Waals surface area contributed by atoms with Crippen LogP contribution in [0.3, 0.4) is 0 Å². The lowest BCUT2D eigenvalue weighted by molar-refractivity contribution is 0.207. The van der Waals surface area contributed by atoms with E-state index in [-0.39, 0.29) is 0 Å². The zero-order valence-corrected chi connectivity index (χ0v) is 14.4. The van der Waals surface area contributed by atoms with Gasteiger partial charge in [-0.1, -0.05) is 22.0 Å². The van der Waals surface area contributed by atoms with Gasteiger partial charge in [-0.15, -0.1) is 0 Å². The fourth-order valence-electron chi connectivity index (χ4n) is 3.82. The maximum absolute atomic E-state index is 4.86. The first kappa shape index (κ1) is 14.5. The number of halogens is 1. The summed E-state index contributed by atoms with van der Waals surface area (Å²) in [5, 5.41) is 1.21. The molecular formula is C18H22BrN3. The van der Waals surface area contributed by atoms with Gasteiger partial charge in [0.15, 0.2) is 0 Å². The molecule has 1 aromatic carbocycles. The van der Waals surface area contributed by atoms with Gasteiger partial charge >= 0.3 is 0 Å². The molecule has 2 saturated heterocycles. The van der Waals surface area contributed by atoms with E-state index in [9.17, 15) is 0 Å². The molecule has 0 bridgehead atoms. The Balaban J connectivity index is 1.48. The number of nitrogens with zero attached hydrogens (tertiary/aromatic N) is 3. The van der Waals surface area contributed by atoms with Gasteiger partial charge in [-0.3, -0.25) is 0 Å². The summed E-state index contributed by atoms with van der Waals surface area (Å²) < 4.78 is 1.09. The number of pyridine rings is 1. The Labute approximate surface area is 140 Å². The summed E-state index contributed by atoms with van der Waals surface area (Å²) >= 11 is 3.54. The molecule has 0 spiro atoms. The van der Waals surface area contributed by atoms with E-state index in [2.05, 4.69) is 56.1 Å². The number of likely N-dealkylation sites (tertiary alicyclic amines) is 1.